The number of H-pyrrole nitrogens is 1. The van der Waals surface area contributed by atoms with Gasteiger partial charge in [0.1, 0.15) is 0 Å². The van der Waals surface area contributed by atoms with E-state index in [-0.39, 0.29) is 11.5 Å². The number of nitrogens with one attached hydrogen (secondary N) is 1. The number of aromatic amines is 1. The average Bonchev–Trinajstić information content (AvgIpc) is 3.29. The van der Waals surface area contributed by atoms with Gasteiger partial charge in [0.05, 0.1) is 17.0 Å². The Hall–Kier alpha value is -2.07. The van der Waals surface area contributed by atoms with E-state index in [9.17, 15) is 9.59 Å². The maximum atomic E-state index is 13.1. The minimum atomic E-state index is -0.142. The van der Waals surface area contributed by atoms with Crippen LogP contribution >= 0.6 is 12.2 Å². The number of methoxy groups -OCH3 is 1. The molecule has 2 aliphatic rings. The van der Waals surface area contributed by atoms with Crippen molar-refractivity contribution >= 4 is 29.0 Å². The third-order valence-corrected chi connectivity index (χ3v) is 6.43. The monoisotopic (exact) mass is 446 g/mol. The first-order valence-electron chi connectivity index (χ1n) is 11.0. The first-order valence-corrected chi connectivity index (χ1v) is 11.4. The van der Waals surface area contributed by atoms with Crippen molar-refractivity contribution in [2.75, 3.05) is 53.0 Å². The molecule has 1 unspecified atom stereocenters. The van der Waals surface area contributed by atoms with Crippen LogP contribution in [0.4, 0.5) is 0 Å². The zero-order valence-corrected chi connectivity index (χ0v) is 18.8. The largest absolute Gasteiger partial charge is 0.385 e. The number of piperazine rings is 1. The Morgan fingerprint density at radius 3 is 2.81 bits per heavy atom. The van der Waals surface area contributed by atoms with Crippen molar-refractivity contribution in [2.24, 2.45) is 0 Å². The predicted molar refractivity (Wildman–Crippen MR) is 121 cm³/mol. The number of nitrogens with zero attached hydrogens (tertiary/aromatic N) is 3. The van der Waals surface area contributed by atoms with E-state index < -0.39 is 0 Å². The van der Waals surface area contributed by atoms with Gasteiger partial charge in [0.25, 0.3) is 11.5 Å². The van der Waals surface area contributed by atoms with Gasteiger partial charge in [-0.05, 0) is 49.7 Å². The highest BCUT2D eigenvalue weighted by atomic mass is 32.1. The lowest BCUT2D eigenvalue weighted by Gasteiger charge is -2.35. The maximum absolute atomic E-state index is 13.1. The quantitative estimate of drug-likeness (QED) is 0.518. The molecule has 0 aliphatic carbocycles. The smallest absolute Gasteiger partial charge is 0.262 e. The van der Waals surface area contributed by atoms with Gasteiger partial charge in [0.2, 0.25) is 0 Å². The van der Waals surface area contributed by atoms with E-state index in [1.54, 1.807) is 29.9 Å². The molecule has 168 valence electrons. The van der Waals surface area contributed by atoms with E-state index in [1.165, 1.54) is 0 Å². The van der Waals surface area contributed by atoms with Crippen molar-refractivity contribution in [3.8, 4) is 0 Å². The molecule has 2 aromatic rings. The molecule has 31 heavy (non-hydrogen) atoms. The van der Waals surface area contributed by atoms with Gasteiger partial charge < -0.3 is 19.4 Å². The fourth-order valence-corrected chi connectivity index (χ4v) is 4.63. The molecule has 9 heteroatoms. The zero-order chi connectivity index (χ0) is 21.8. The van der Waals surface area contributed by atoms with Crippen molar-refractivity contribution in [1.29, 1.82) is 0 Å². The number of ether oxygens (including phenoxy) is 2. The lowest BCUT2D eigenvalue weighted by atomic mass is 10.1. The number of benzene rings is 1. The van der Waals surface area contributed by atoms with Crippen LogP contribution in [0.2, 0.25) is 0 Å². The molecule has 3 heterocycles. The molecule has 8 nitrogen and oxygen atoms in total. The van der Waals surface area contributed by atoms with Crippen molar-refractivity contribution in [3.05, 3.63) is 38.9 Å². The molecule has 2 aliphatic heterocycles. The Morgan fingerprint density at radius 1 is 1.29 bits per heavy atom. The number of carbonyl (C=O) groups is 1. The standard InChI is InChI=1S/C22H30N4O4S/c1-29-12-3-7-26-21(28)18-6-5-16(14-19(18)23-22(26)31)20(27)25-10-8-24(9-11-25)15-17-4-2-13-30-17/h5-6,14,17H,2-4,7-13,15H2,1H3,(H,23,31). The van der Waals surface area contributed by atoms with Crippen LogP contribution in [0.15, 0.2) is 23.0 Å². The van der Waals surface area contributed by atoms with Crippen LogP contribution in [0.5, 0.6) is 0 Å². The summed E-state index contributed by atoms with van der Waals surface area (Å²) in [5, 5.41) is 0.531. The highest BCUT2D eigenvalue weighted by Gasteiger charge is 2.25. The molecule has 0 spiro atoms. The molecule has 2 fully saturated rings. The summed E-state index contributed by atoms with van der Waals surface area (Å²) in [5.41, 5.74) is 1.03. The molecule has 1 atom stereocenters. The second kappa shape index (κ2) is 10.0. The number of carbonyl (C=O) groups excluding carboxylic acids is 1. The van der Waals surface area contributed by atoms with Gasteiger partial charge in [-0.25, -0.2) is 0 Å². The second-order valence-electron chi connectivity index (χ2n) is 8.22. The molecule has 1 amide bonds. The Labute approximate surface area is 186 Å². The molecule has 1 aromatic heterocycles. The molecule has 1 N–H and O–H groups in total. The van der Waals surface area contributed by atoms with Crippen molar-refractivity contribution in [3.63, 3.8) is 0 Å². The van der Waals surface area contributed by atoms with Gasteiger partial charge in [-0.1, -0.05) is 0 Å². The SMILES string of the molecule is COCCCn1c(=S)[nH]c2cc(C(=O)N3CCN(CC4CCCO4)CC3)ccc2c1=O. The zero-order valence-electron chi connectivity index (χ0n) is 18.0. The number of rotatable bonds is 7. The van der Waals surface area contributed by atoms with Crippen molar-refractivity contribution in [1.82, 2.24) is 19.4 Å². The van der Waals surface area contributed by atoms with Gasteiger partial charge >= 0.3 is 0 Å². The second-order valence-corrected chi connectivity index (χ2v) is 8.61. The fraction of sp³-hybridized carbons (Fsp3) is 0.591. The van der Waals surface area contributed by atoms with E-state index >= 15 is 0 Å². The van der Waals surface area contributed by atoms with Gasteiger partial charge in [-0.15, -0.1) is 0 Å². The highest BCUT2D eigenvalue weighted by molar-refractivity contribution is 7.71. The van der Waals surface area contributed by atoms with E-state index in [1.807, 2.05) is 4.90 Å². The van der Waals surface area contributed by atoms with Crippen molar-refractivity contribution < 1.29 is 14.3 Å². The maximum Gasteiger partial charge on any atom is 0.262 e. The van der Waals surface area contributed by atoms with Crippen LogP contribution in [0.1, 0.15) is 29.6 Å². The van der Waals surface area contributed by atoms with Crippen LogP contribution in [-0.2, 0) is 16.0 Å². The molecule has 2 saturated heterocycles. The first kappa shape index (κ1) is 22.1. The summed E-state index contributed by atoms with van der Waals surface area (Å²) < 4.78 is 12.7. The van der Waals surface area contributed by atoms with E-state index in [2.05, 4.69) is 9.88 Å². The summed E-state index contributed by atoms with van der Waals surface area (Å²) in [6.07, 6.45) is 3.32. The Kier molecular flexibility index (Phi) is 7.16. The Morgan fingerprint density at radius 2 is 2.10 bits per heavy atom. The topological polar surface area (TPSA) is 79.8 Å². The Balaban J connectivity index is 1.44. The summed E-state index contributed by atoms with van der Waals surface area (Å²) in [7, 11) is 1.63. The minimum Gasteiger partial charge on any atom is -0.385 e. The molecule has 0 radical (unpaired) electrons. The summed E-state index contributed by atoms with van der Waals surface area (Å²) in [6.45, 7) is 5.98. The summed E-state index contributed by atoms with van der Waals surface area (Å²) >= 11 is 5.38. The third-order valence-electron chi connectivity index (χ3n) is 6.10. The molecular formula is C22H30N4O4S. The molecule has 1 aromatic carbocycles. The predicted octanol–water partition coefficient (Wildman–Crippen LogP) is 2.03. The number of hydrogen-bond donors (Lipinski definition) is 1. The number of aromatic nitrogens is 2. The van der Waals surface area contributed by atoms with Gasteiger partial charge in [-0.3, -0.25) is 19.1 Å². The van der Waals surface area contributed by atoms with Crippen LogP contribution in [0.3, 0.4) is 0 Å². The van der Waals surface area contributed by atoms with Gasteiger partial charge in [-0.2, -0.15) is 0 Å². The van der Waals surface area contributed by atoms with E-state index in [0.29, 0.717) is 60.0 Å². The Bertz CT molecular complexity index is 1040. The van der Waals surface area contributed by atoms with Crippen molar-refractivity contribution in [2.45, 2.75) is 31.9 Å². The third kappa shape index (κ3) is 5.06. The van der Waals surface area contributed by atoms with E-state index in [0.717, 1.165) is 39.1 Å². The average molecular weight is 447 g/mol. The first-order chi connectivity index (χ1) is 15.1. The van der Waals surface area contributed by atoms with Crippen LogP contribution in [-0.4, -0.2) is 84.4 Å². The summed E-state index contributed by atoms with van der Waals surface area (Å²) in [5.74, 6) is -0.0118. The van der Waals surface area contributed by atoms with Crippen LogP contribution in [0.25, 0.3) is 10.9 Å². The minimum absolute atomic E-state index is 0.0118. The molecule has 0 bridgehead atoms. The van der Waals surface area contributed by atoms with Crippen LogP contribution < -0.4 is 5.56 Å². The molecular weight excluding hydrogens is 416 g/mol. The van der Waals surface area contributed by atoms with E-state index in [4.69, 9.17) is 21.7 Å². The fourth-order valence-electron chi connectivity index (χ4n) is 4.35. The molecule has 4 rings (SSSR count). The normalized spacial score (nSPS) is 19.9. The number of fused-ring (bicyclic) bond motifs is 1. The van der Waals surface area contributed by atoms with Gasteiger partial charge in [0, 0.05) is 65.2 Å². The van der Waals surface area contributed by atoms with Gasteiger partial charge in [0.15, 0.2) is 4.77 Å². The highest BCUT2D eigenvalue weighted by Crippen LogP contribution is 2.17. The lowest BCUT2D eigenvalue weighted by molar-refractivity contribution is 0.0433. The summed E-state index contributed by atoms with van der Waals surface area (Å²) in [6, 6.07) is 5.20. The summed E-state index contributed by atoms with van der Waals surface area (Å²) in [4.78, 5) is 33.3. The number of amides is 1. The molecule has 0 saturated carbocycles. The van der Waals surface area contributed by atoms with Crippen LogP contribution in [0, 0.1) is 4.77 Å². The number of hydrogen-bond acceptors (Lipinski definition) is 6. The lowest BCUT2D eigenvalue weighted by Crippen LogP contribution is -2.50.